The normalized spacial score (nSPS) is 17.1. The molecular weight excluding hydrogens is 451 g/mol. The molecule has 0 atom stereocenters. The summed E-state index contributed by atoms with van der Waals surface area (Å²) in [5, 5.41) is 7.34. The van der Waals surface area contributed by atoms with E-state index in [1.807, 2.05) is 20.8 Å². The van der Waals surface area contributed by atoms with Crippen LogP contribution in [-0.4, -0.2) is 28.6 Å². The fourth-order valence-electron chi connectivity index (χ4n) is 2.33. The maximum absolute atomic E-state index is 5.98. The summed E-state index contributed by atoms with van der Waals surface area (Å²) < 4.78 is 19.6. The van der Waals surface area contributed by atoms with E-state index in [2.05, 4.69) is 28.1 Å². The Hall–Kier alpha value is 0.265. The molecule has 0 N–H and O–H groups in total. The molecule has 0 aromatic heterocycles. The van der Waals surface area contributed by atoms with E-state index in [-0.39, 0.29) is 0 Å². The van der Waals surface area contributed by atoms with E-state index < -0.39 is 24.9 Å². The molecule has 1 aliphatic carbocycles. The summed E-state index contributed by atoms with van der Waals surface area (Å²) in [6, 6.07) is 0.828. The van der Waals surface area contributed by atoms with E-state index in [1.165, 1.54) is 5.57 Å². The Labute approximate surface area is 129 Å². The van der Waals surface area contributed by atoms with Crippen LogP contribution in [0.3, 0.4) is 0 Å². The molecule has 0 radical (unpaired) electrons. The minimum atomic E-state index is -2.56. The van der Waals surface area contributed by atoms with Gasteiger partial charge in [-0.1, -0.05) is 0 Å². The van der Waals surface area contributed by atoms with Crippen LogP contribution in [-0.2, 0) is 29.3 Å². The molecular formula is C15H30O3PtSi. The van der Waals surface area contributed by atoms with Crippen LogP contribution in [0.2, 0.25) is 22.0 Å². The number of hydrogen-bond acceptors (Lipinski definition) is 3. The second-order valence-corrected chi connectivity index (χ2v) is 19.3. The number of allylic oxidation sites excluding steroid dienone is 4. The molecule has 0 aromatic carbocycles. The second-order valence-electron chi connectivity index (χ2n) is 5.08. The molecule has 0 saturated carbocycles. The molecule has 0 aromatic rings. The van der Waals surface area contributed by atoms with E-state index in [0.717, 1.165) is 12.5 Å². The molecule has 20 heavy (non-hydrogen) atoms. The summed E-state index contributed by atoms with van der Waals surface area (Å²) in [5.41, 5.74) is 1.43. The average molecular weight is 482 g/mol. The van der Waals surface area contributed by atoms with E-state index >= 15 is 0 Å². The van der Waals surface area contributed by atoms with Crippen molar-refractivity contribution in [1.29, 1.82) is 0 Å². The van der Waals surface area contributed by atoms with Gasteiger partial charge in [-0.2, -0.15) is 0 Å². The summed E-state index contributed by atoms with van der Waals surface area (Å²) in [7, 11) is -2.56. The fourth-order valence-corrected chi connectivity index (χ4v) is 9.61. The number of rotatable bonds is 9. The quantitative estimate of drug-likeness (QED) is 0.453. The van der Waals surface area contributed by atoms with Gasteiger partial charge in [0.1, 0.15) is 0 Å². The third-order valence-electron chi connectivity index (χ3n) is 3.00. The Morgan fingerprint density at radius 1 is 1.00 bits per heavy atom. The van der Waals surface area contributed by atoms with Gasteiger partial charge in [0.2, 0.25) is 0 Å². The van der Waals surface area contributed by atoms with Crippen LogP contribution in [0.4, 0.5) is 0 Å². The molecule has 3 nitrogen and oxygen atoms in total. The van der Waals surface area contributed by atoms with E-state index in [1.54, 1.807) is 3.96 Å². The van der Waals surface area contributed by atoms with Gasteiger partial charge in [0.05, 0.1) is 0 Å². The Morgan fingerprint density at radius 3 is 1.90 bits per heavy atom. The zero-order chi connectivity index (χ0) is 15.2. The van der Waals surface area contributed by atoms with Crippen molar-refractivity contribution in [1.82, 2.24) is 0 Å². The molecule has 5 heteroatoms. The summed E-state index contributed by atoms with van der Waals surface area (Å²) >= 11 is -1.72. The molecule has 0 amide bonds. The monoisotopic (exact) mass is 481 g/mol. The van der Waals surface area contributed by atoms with Crippen molar-refractivity contribution in [2.75, 3.05) is 19.8 Å². The summed E-state index contributed by atoms with van der Waals surface area (Å²) in [4.78, 5) is 0. The predicted octanol–water partition coefficient (Wildman–Crippen LogP) is 4.55. The van der Waals surface area contributed by atoms with E-state index in [0.29, 0.717) is 19.8 Å². The van der Waals surface area contributed by atoms with Gasteiger partial charge in [0, 0.05) is 0 Å². The topological polar surface area (TPSA) is 27.7 Å². The molecule has 0 heterocycles. The van der Waals surface area contributed by atoms with Crippen molar-refractivity contribution in [3.63, 3.8) is 0 Å². The number of hydrogen-bond donors (Lipinski definition) is 0. The van der Waals surface area contributed by atoms with Gasteiger partial charge >= 0.3 is 129 Å². The molecule has 0 aliphatic heterocycles. The van der Waals surface area contributed by atoms with Crippen molar-refractivity contribution in [2.45, 2.75) is 49.2 Å². The van der Waals surface area contributed by atoms with Gasteiger partial charge in [-0.25, -0.2) is 0 Å². The molecule has 0 spiro atoms. The van der Waals surface area contributed by atoms with Crippen LogP contribution >= 0.6 is 0 Å². The third kappa shape index (κ3) is 4.92. The van der Waals surface area contributed by atoms with Gasteiger partial charge in [-0.15, -0.1) is 0 Å². The van der Waals surface area contributed by atoms with E-state index in [4.69, 9.17) is 13.3 Å². The maximum atomic E-state index is 5.98. The summed E-state index contributed by atoms with van der Waals surface area (Å²) in [6.07, 6.45) is 5.66. The Morgan fingerprint density at radius 2 is 1.50 bits per heavy atom. The average Bonchev–Trinajstić information content (AvgIpc) is 2.77. The fraction of sp³-hybridized carbons (Fsp3) is 0.733. The van der Waals surface area contributed by atoms with Crippen molar-refractivity contribution in [3.05, 3.63) is 21.7 Å². The van der Waals surface area contributed by atoms with Crippen LogP contribution in [0.25, 0.3) is 0 Å². The Bertz CT molecular complexity index is 355. The first-order valence-electron chi connectivity index (χ1n) is 7.05. The Balaban J connectivity index is 3.01. The van der Waals surface area contributed by atoms with Crippen molar-refractivity contribution >= 4 is 8.80 Å². The first kappa shape index (κ1) is 18.3. The zero-order valence-corrected chi connectivity index (χ0v) is 17.0. The first-order chi connectivity index (χ1) is 9.38. The van der Waals surface area contributed by atoms with Crippen LogP contribution in [0.15, 0.2) is 21.7 Å². The molecule has 1 rings (SSSR count). The summed E-state index contributed by atoms with van der Waals surface area (Å²) in [5.74, 6) is 0. The zero-order valence-electron chi connectivity index (χ0n) is 13.7. The third-order valence-corrected chi connectivity index (χ3v) is 11.3. The molecule has 0 saturated heterocycles. The van der Waals surface area contributed by atoms with Gasteiger partial charge in [0.15, 0.2) is 0 Å². The molecule has 122 valence electrons. The van der Waals surface area contributed by atoms with Crippen LogP contribution in [0.5, 0.6) is 0 Å². The van der Waals surface area contributed by atoms with Gasteiger partial charge in [0.25, 0.3) is 0 Å². The van der Waals surface area contributed by atoms with Gasteiger partial charge in [-0.05, 0) is 0 Å². The molecule has 0 bridgehead atoms. The van der Waals surface area contributed by atoms with Crippen LogP contribution in [0.1, 0.15) is 27.2 Å². The minimum absolute atomic E-state index is 0.648. The SMILES string of the molecule is CCO[Si](CC1=[C]([Pt]([CH3])([CH3])[CH3])CC=C1)(OCC)OCC. The molecule has 0 unspecified atom stereocenters. The standard InChI is InChI=1S/C12H21O3Si.3CH3.Pt/c1-4-13-16(14-5-2,15-6-3)11-12-9-7-8-10-12;;;;/h7,9H,4-6,8,11H2,1-3H3;3*1H3;. The van der Waals surface area contributed by atoms with Crippen LogP contribution < -0.4 is 0 Å². The van der Waals surface area contributed by atoms with Crippen LogP contribution in [0, 0.1) is 0 Å². The summed E-state index contributed by atoms with van der Waals surface area (Å²) in [6.45, 7) is 7.99. The van der Waals surface area contributed by atoms with Crippen molar-refractivity contribution in [2.24, 2.45) is 0 Å². The molecule has 0 fully saturated rings. The van der Waals surface area contributed by atoms with Crippen molar-refractivity contribution in [3.8, 4) is 0 Å². The van der Waals surface area contributed by atoms with Crippen molar-refractivity contribution < 1.29 is 29.3 Å². The molecule has 1 aliphatic rings. The first-order valence-corrected chi connectivity index (χ1v) is 16.9. The van der Waals surface area contributed by atoms with E-state index in [9.17, 15) is 0 Å². The van der Waals surface area contributed by atoms with Gasteiger partial charge < -0.3 is 0 Å². The second kappa shape index (κ2) is 8.04. The predicted molar refractivity (Wildman–Crippen MR) is 83.8 cm³/mol. The Kier molecular flexibility index (Phi) is 7.37. The van der Waals surface area contributed by atoms with Gasteiger partial charge in [-0.3, -0.25) is 0 Å².